The summed E-state index contributed by atoms with van der Waals surface area (Å²) in [5.74, 6) is -0.134. The van der Waals surface area contributed by atoms with Gasteiger partial charge in [-0.3, -0.25) is 10.2 Å². The largest absolute Gasteiger partial charge is 0.273 e. The maximum Gasteiger partial charge on any atom is 0.266 e. The maximum absolute atomic E-state index is 12.2. The third kappa shape index (κ3) is 4.43. The second-order valence-corrected chi connectivity index (χ2v) is 7.49. The molecule has 0 aromatic heterocycles. The van der Waals surface area contributed by atoms with Crippen LogP contribution in [0.25, 0.3) is 0 Å². The Kier molecular flexibility index (Phi) is 5.75. The monoisotopic (exact) mass is 346 g/mol. The highest BCUT2D eigenvalue weighted by atomic mass is 32.2. The van der Waals surface area contributed by atoms with E-state index in [2.05, 4.69) is 24.1 Å². The predicted octanol–water partition coefficient (Wildman–Crippen LogP) is 3.13. The first kappa shape index (κ1) is 18.2. The van der Waals surface area contributed by atoms with E-state index in [1.165, 1.54) is 0 Å². The van der Waals surface area contributed by atoms with Crippen LogP contribution in [0.3, 0.4) is 0 Å². The van der Waals surface area contributed by atoms with Crippen molar-refractivity contribution >= 4 is 15.9 Å². The molecule has 6 heteroatoms. The summed E-state index contributed by atoms with van der Waals surface area (Å²) in [5.41, 5.74) is 4.72. The fourth-order valence-corrected chi connectivity index (χ4v) is 3.00. The van der Waals surface area contributed by atoms with Gasteiger partial charge >= 0.3 is 0 Å². The molecule has 1 unspecified atom stereocenters. The molecule has 2 aromatic carbocycles. The lowest BCUT2D eigenvalue weighted by atomic mass is 9.99. The minimum atomic E-state index is -3.80. The topological polar surface area (TPSA) is 75.3 Å². The molecule has 1 amide bonds. The fourth-order valence-electron chi connectivity index (χ4n) is 2.16. The predicted molar refractivity (Wildman–Crippen MR) is 94.1 cm³/mol. The van der Waals surface area contributed by atoms with E-state index < -0.39 is 15.9 Å². The summed E-state index contributed by atoms with van der Waals surface area (Å²) in [4.78, 5) is 14.2. The van der Waals surface area contributed by atoms with E-state index >= 15 is 0 Å². The highest BCUT2D eigenvalue weighted by molar-refractivity contribution is 7.89. The molecule has 2 aromatic rings. The first-order valence-electron chi connectivity index (χ1n) is 7.82. The van der Waals surface area contributed by atoms with Crippen molar-refractivity contribution in [1.29, 1.82) is 0 Å². The Balaban J connectivity index is 2.05. The molecule has 0 saturated heterocycles. The molecule has 0 bridgehead atoms. The third-order valence-electron chi connectivity index (χ3n) is 3.98. The fraction of sp³-hybridized carbons (Fsp3) is 0.278. The van der Waals surface area contributed by atoms with Crippen LogP contribution in [-0.4, -0.2) is 14.3 Å². The van der Waals surface area contributed by atoms with E-state index in [9.17, 15) is 13.2 Å². The molecular formula is C18H22N2O3S. The summed E-state index contributed by atoms with van der Waals surface area (Å²) in [5, 5.41) is 0. The van der Waals surface area contributed by atoms with E-state index in [-0.39, 0.29) is 4.90 Å². The minimum absolute atomic E-state index is 0.110. The molecule has 5 nitrogen and oxygen atoms in total. The van der Waals surface area contributed by atoms with Crippen LogP contribution in [0.15, 0.2) is 53.4 Å². The van der Waals surface area contributed by atoms with Crippen LogP contribution in [0.1, 0.15) is 47.7 Å². The first-order valence-corrected chi connectivity index (χ1v) is 9.30. The second kappa shape index (κ2) is 7.59. The van der Waals surface area contributed by atoms with Crippen LogP contribution in [0.4, 0.5) is 0 Å². The van der Waals surface area contributed by atoms with Crippen LogP contribution >= 0.6 is 0 Å². The molecule has 0 radical (unpaired) electrons. The maximum atomic E-state index is 12.2. The molecule has 0 spiro atoms. The molecule has 0 saturated carbocycles. The number of rotatable bonds is 6. The van der Waals surface area contributed by atoms with E-state index in [4.69, 9.17) is 0 Å². The Morgan fingerprint density at radius 3 is 2.17 bits per heavy atom. The molecule has 128 valence electrons. The number of sulfonamides is 1. The summed E-state index contributed by atoms with van der Waals surface area (Å²) in [6.07, 6.45) is 0.983. The molecule has 0 aliphatic heterocycles. The van der Waals surface area contributed by atoms with Gasteiger partial charge in [0.15, 0.2) is 0 Å². The number of carbonyl (C=O) groups excluding carboxylic acids is 1. The van der Waals surface area contributed by atoms with E-state index in [0.717, 1.165) is 17.5 Å². The molecule has 0 heterocycles. The zero-order valence-corrected chi connectivity index (χ0v) is 14.9. The molecule has 24 heavy (non-hydrogen) atoms. The Labute approximate surface area is 143 Å². The van der Waals surface area contributed by atoms with E-state index in [1.54, 1.807) is 48.5 Å². The van der Waals surface area contributed by atoms with Gasteiger partial charge in [-0.15, -0.1) is 4.83 Å². The first-order chi connectivity index (χ1) is 11.3. The third-order valence-corrected chi connectivity index (χ3v) is 5.25. The van der Waals surface area contributed by atoms with Crippen LogP contribution in [0, 0.1) is 6.92 Å². The van der Waals surface area contributed by atoms with Crippen LogP contribution in [-0.2, 0) is 10.0 Å². The molecule has 2 rings (SSSR count). The van der Waals surface area contributed by atoms with Crippen LogP contribution in [0.2, 0.25) is 0 Å². The summed E-state index contributed by atoms with van der Waals surface area (Å²) in [6, 6.07) is 13.5. The highest BCUT2D eigenvalue weighted by Gasteiger charge is 2.16. The van der Waals surface area contributed by atoms with E-state index in [0.29, 0.717) is 11.5 Å². The van der Waals surface area contributed by atoms with Gasteiger partial charge in [0.2, 0.25) is 0 Å². The lowest BCUT2D eigenvalue weighted by molar-refractivity contribution is 0.0945. The van der Waals surface area contributed by atoms with Crippen molar-refractivity contribution in [3.63, 3.8) is 0 Å². The zero-order chi connectivity index (χ0) is 17.7. The van der Waals surface area contributed by atoms with Crippen LogP contribution < -0.4 is 10.3 Å². The molecule has 2 N–H and O–H groups in total. The Morgan fingerprint density at radius 1 is 1.04 bits per heavy atom. The lowest BCUT2D eigenvalue weighted by Gasteiger charge is -2.11. The summed E-state index contributed by atoms with van der Waals surface area (Å²) < 4.78 is 24.5. The second-order valence-electron chi connectivity index (χ2n) is 5.80. The van der Waals surface area contributed by atoms with Gasteiger partial charge in [-0.25, -0.2) is 8.42 Å². The molecule has 0 fully saturated rings. The van der Waals surface area contributed by atoms with Gasteiger partial charge in [-0.2, -0.15) is 0 Å². The average Bonchev–Trinajstić information content (AvgIpc) is 2.59. The Morgan fingerprint density at radius 2 is 1.62 bits per heavy atom. The van der Waals surface area contributed by atoms with Gasteiger partial charge in [0.25, 0.3) is 15.9 Å². The zero-order valence-electron chi connectivity index (χ0n) is 14.0. The van der Waals surface area contributed by atoms with Gasteiger partial charge in [-0.1, -0.05) is 43.7 Å². The number of hydrogen-bond donors (Lipinski definition) is 2. The van der Waals surface area contributed by atoms with Crippen molar-refractivity contribution in [2.75, 3.05) is 0 Å². The Hall–Kier alpha value is -2.18. The molecule has 0 aliphatic rings. The van der Waals surface area contributed by atoms with Gasteiger partial charge in [0, 0.05) is 5.56 Å². The number of nitrogens with one attached hydrogen (secondary N) is 2. The highest BCUT2D eigenvalue weighted by Crippen LogP contribution is 2.20. The quantitative estimate of drug-likeness (QED) is 0.789. The molecule has 1 atom stereocenters. The van der Waals surface area contributed by atoms with Crippen molar-refractivity contribution in [1.82, 2.24) is 10.3 Å². The smallest absolute Gasteiger partial charge is 0.266 e. The standard InChI is InChI=1S/C18H22N2O3S/c1-4-14(3)15-9-11-17(12-10-15)24(22,23)20-19-18(21)16-7-5-13(2)6-8-16/h5-12,14,20H,4H2,1-3H3,(H,19,21). The number of benzene rings is 2. The van der Waals surface area contributed by atoms with Crippen molar-refractivity contribution in [2.45, 2.75) is 38.0 Å². The Bertz CT molecular complexity index is 797. The number of carbonyl (C=O) groups is 1. The van der Waals surface area contributed by atoms with Crippen molar-refractivity contribution < 1.29 is 13.2 Å². The SMILES string of the molecule is CCC(C)c1ccc(S(=O)(=O)NNC(=O)c2ccc(C)cc2)cc1. The number of hydrogen-bond acceptors (Lipinski definition) is 3. The van der Waals surface area contributed by atoms with Crippen LogP contribution in [0.5, 0.6) is 0 Å². The summed E-state index contributed by atoms with van der Waals surface area (Å²) >= 11 is 0. The number of aryl methyl sites for hydroxylation is 1. The summed E-state index contributed by atoms with van der Waals surface area (Å²) in [6.45, 7) is 6.08. The number of amides is 1. The van der Waals surface area contributed by atoms with Gasteiger partial charge in [-0.05, 0) is 49.1 Å². The lowest BCUT2D eigenvalue weighted by Crippen LogP contribution is -2.41. The minimum Gasteiger partial charge on any atom is -0.273 e. The average molecular weight is 346 g/mol. The van der Waals surface area contributed by atoms with Crippen molar-refractivity contribution in [3.05, 3.63) is 65.2 Å². The van der Waals surface area contributed by atoms with Crippen molar-refractivity contribution in [3.8, 4) is 0 Å². The van der Waals surface area contributed by atoms with Crippen molar-refractivity contribution in [2.24, 2.45) is 0 Å². The molecular weight excluding hydrogens is 324 g/mol. The normalized spacial score (nSPS) is 12.6. The van der Waals surface area contributed by atoms with E-state index in [1.807, 2.05) is 6.92 Å². The van der Waals surface area contributed by atoms with Gasteiger partial charge in [0.05, 0.1) is 4.90 Å². The number of hydrazine groups is 1. The summed E-state index contributed by atoms with van der Waals surface area (Å²) in [7, 11) is -3.80. The van der Waals surface area contributed by atoms with Gasteiger partial charge < -0.3 is 0 Å². The molecule has 0 aliphatic carbocycles. The van der Waals surface area contributed by atoms with Gasteiger partial charge in [0.1, 0.15) is 0 Å².